The van der Waals surface area contributed by atoms with Crippen LogP contribution in [0, 0.1) is 21.4 Å². The summed E-state index contributed by atoms with van der Waals surface area (Å²) in [5.74, 6) is 1.00. The Labute approximate surface area is 120 Å². The quantitative estimate of drug-likeness (QED) is 0.618. The molecule has 2 rings (SSSR count). The molecule has 0 spiro atoms. The van der Waals surface area contributed by atoms with Crippen LogP contribution in [0.15, 0.2) is 36.5 Å². The Hall–Kier alpha value is -3.14. The molecule has 1 aromatic carbocycles. The number of hydrogen-bond donors (Lipinski definition) is 0. The van der Waals surface area contributed by atoms with Crippen molar-refractivity contribution in [3.05, 3.63) is 52.2 Å². The highest BCUT2D eigenvalue weighted by atomic mass is 16.6. The summed E-state index contributed by atoms with van der Waals surface area (Å²) < 4.78 is 10.9. The van der Waals surface area contributed by atoms with Gasteiger partial charge in [-0.1, -0.05) is 0 Å². The van der Waals surface area contributed by atoms with Crippen LogP contribution in [-0.2, 0) is 0 Å². The molecule has 0 N–H and O–H groups in total. The predicted molar refractivity (Wildman–Crippen MR) is 73.3 cm³/mol. The number of nitro groups is 1. The molecule has 0 aliphatic carbocycles. The van der Waals surface area contributed by atoms with Crippen LogP contribution in [0.25, 0.3) is 0 Å². The topological polar surface area (TPSA) is 98.3 Å². The van der Waals surface area contributed by atoms with Crippen LogP contribution in [0.1, 0.15) is 12.5 Å². The van der Waals surface area contributed by atoms with Crippen LogP contribution >= 0.6 is 0 Å². The lowest BCUT2D eigenvalue weighted by molar-refractivity contribution is -0.385. The number of ether oxygens (including phenoxy) is 2. The minimum Gasteiger partial charge on any atom is -0.490 e. The maximum absolute atomic E-state index is 10.6. The van der Waals surface area contributed by atoms with Crippen molar-refractivity contribution in [1.29, 1.82) is 5.26 Å². The maximum atomic E-state index is 10.6. The highest BCUT2D eigenvalue weighted by Crippen LogP contribution is 2.32. The van der Waals surface area contributed by atoms with Gasteiger partial charge in [-0.15, -0.1) is 0 Å². The van der Waals surface area contributed by atoms with Crippen molar-refractivity contribution < 1.29 is 14.4 Å². The van der Waals surface area contributed by atoms with Gasteiger partial charge in [0.25, 0.3) is 5.69 Å². The van der Waals surface area contributed by atoms with Crippen LogP contribution in [0.5, 0.6) is 17.4 Å². The summed E-state index contributed by atoms with van der Waals surface area (Å²) >= 11 is 0. The number of nitrogens with zero attached hydrogens (tertiary/aromatic N) is 3. The first kappa shape index (κ1) is 14.3. The van der Waals surface area contributed by atoms with Gasteiger partial charge < -0.3 is 9.47 Å². The highest BCUT2D eigenvalue weighted by Gasteiger charge is 2.10. The van der Waals surface area contributed by atoms with Crippen molar-refractivity contribution in [2.24, 2.45) is 0 Å². The van der Waals surface area contributed by atoms with Crippen LogP contribution in [-0.4, -0.2) is 16.5 Å². The molecule has 7 heteroatoms. The monoisotopic (exact) mass is 285 g/mol. The fourth-order valence-corrected chi connectivity index (χ4v) is 1.58. The molecule has 0 unspecified atom stereocenters. The molecule has 106 valence electrons. The van der Waals surface area contributed by atoms with E-state index in [2.05, 4.69) is 4.98 Å². The molecule has 2 aromatic rings. The minimum atomic E-state index is -0.538. The molecule has 0 saturated heterocycles. The van der Waals surface area contributed by atoms with Gasteiger partial charge in [0.15, 0.2) is 11.5 Å². The van der Waals surface area contributed by atoms with Gasteiger partial charge in [0, 0.05) is 18.2 Å². The van der Waals surface area contributed by atoms with E-state index in [0.717, 1.165) is 6.20 Å². The molecule has 1 aromatic heterocycles. The third-order valence-corrected chi connectivity index (χ3v) is 2.52. The van der Waals surface area contributed by atoms with Crippen LogP contribution < -0.4 is 9.47 Å². The lowest BCUT2D eigenvalue weighted by Crippen LogP contribution is -1.97. The number of aromatic nitrogens is 1. The van der Waals surface area contributed by atoms with Crippen molar-refractivity contribution in [2.45, 2.75) is 6.92 Å². The van der Waals surface area contributed by atoms with E-state index in [1.165, 1.54) is 12.1 Å². The van der Waals surface area contributed by atoms with Gasteiger partial charge in [-0.2, -0.15) is 5.26 Å². The fraction of sp³-hybridized carbons (Fsp3) is 0.143. The van der Waals surface area contributed by atoms with Crippen LogP contribution in [0.4, 0.5) is 5.69 Å². The van der Waals surface area contributed by atoms with Crippen molar-refractivity contribution in [3.63, 3.8) is 0 Å². The Bertz CT molecular complexity index is 692. The van der Waals surface area contributed by atoms with Crippen LogP contribution in [0.3, 0.4) is 0 Å². The summed E-state index contributed by atoms with van der Waals surface area (Å²) in [7, 11) is 0. The highest BCUT2D eigenvalue weighted by molar-refractivity contribution is 5.48. The van der Waals surface area contributed by atoms with Gasteiger partial charge >= 0.3 is 0 Å². The Kier molecular flexibility index (Phi) is 4.31. The van der Waals surface area contributed by atoms with E-state index in [9.17, 15) is 10.1 Å². The Morgan fingerprint density at radius 1 is 1.33 bits per heavy atom. The van der Waals surface area contributed by atoms with Crippen molar-refractivity contribution in [1.82, 2.24) is 4.98 Å². The SMILES string of the molecule is CCOc1cc(C#N)ccc1Oc1ccc([N+](=O)[O-])cn1. The normalized spacial score (nSPS) is 9.71. The van der Waals surface area contributed by atoms with Gasteiger partial charge in [0.05, 0.1) is 23.2 Å². The van der Waals surface area contributed by atoms with Crippen molar-refractivity contribution in [3.8, 4) is 23.4 Å². The number of pyridine rings is 1. The molecule has 0 aliphatic heterocycles. The predicted octanol–water partition coefficient (Wildman–Crippen LogP) is 3.05. The van der Waals surface area contributed by atoms with Crippen molar-refractivity contribution in [2.75, 3.05) is 6.61 Å². The molecule has 21 heavy (non-hydrogen) atoms. The van der Waals surface area contributed by atoms with Gasteiger partial charge in [-0.25, -0.2) is 4.98 Å². The molecule has 0 fully saturated rings. The molecule has 7 nitrogen and oxygen atoms in total. The second-order valence-corrected chi connectivity index (χ2v) is 3.92. The largest absolute Gasteiger partial charge is 0.490 e. The van der Waals surface area contributed by atoms with Gasteiger partial charge in [0.2, 0.25) is 5.88 Å². The second-order valence-electron chi connectivity index (χ2n) is 3.92. The average molecular weight is 285 g/mol. The average Bonchev–Trinajstić information content (AvgIpc) is 2.49. The van der Waals surface area contributed by atoms with E-state index in [4.69, 9.17) is 14.7 Å². The molecule has 0 aliphatic rings. The zero-order valence-corrected chi connectivity index (χ0v) is 11.1. The van der Waals surface area contributed by atoms with Gasteiger partial charge in [0.1, 0.15) is 6.20 Å². The number of nitriles is 1. The summed E-state index contributed by atoms with van der Waals surface area (Å²) in [4.78, 5) is 13.9. The number of hydrogen-bond acceptors (Lipinski definition) is 6. The molecular weight excluding hydrogens is 274 g/mol. The Balaban J connectivity index is 2.26. The summed E-state index contributed by atoms with van der Waals surface area (Å²) in [6.07, 6.45) is 1.11. The first-order valence-corrected chi connectivity index (χ1v) is 6.09. The molecule has 0 amide bonds. The van der Waals surface area contributed by atoms with E-state index < -0.39 is 4.92 Å². The van der Waals surface area contributed by atoms with E-state index >= 15 is 0 Å². The smallest absolute Gasteiger partial charge is 0.287 e. The van der Waals surface area contributed by atoms with E-state index in [-0.39, 0.29) is 11.6 Å². The molecule has 0 radical (unpaired) electrons. The first-order chi connectivity index (χ1) is 10.1. The summed E-state index contributed by atoms with van der Waals surface area (Å²) in [5, 5.41) is 19.4. The lowest BCUT2D eigenvalue weighted by atomic mass is 10.2. The van der Waals surface area contributed by atoms with E-state index in [0.29, 0.717) is 23.7 Å². The third kappa shape index (κ3) is 3.45. The van der Waals surface area contributed by atoms with E-state index in [1.54, 1.807) is 18.2 Å². The first-order valence-electron chi connectivity index (χ1n) is 6.09. The van der Waals surface area contributed by atoms with Gasteiger partial charge in [-0.3, -0.25) is 10.1 Å². The fourth-order valence-electron chi connectivity index (χ4n) is 1.58. The lowest BCUT2D eigenvalue weighted by Gasteiger charge is -2.10. The Morgan fingerprint density at radius 2 is 2.14 bits per heavy atom. The second kappa shape index (κ2) is 6.34. The molecular formula is C14H11N3O4. The standard InChI is InChI=1S/C14H11N3O4/c1-2-20-13-7-10(8-15)3-5-12(13)21-14-6-4-11(9-16-14)17(18)19/h3-7,9H,2H2,1H3. The molecule has 1 heterocycles. The van der Waals surface area contributed by atoms with Crippen molar-refractivity contribution >= 4 is 5.69 Å². The minimum absolute atomic E-state index is 0.118. The number of rotatable bonds is 5. The molecule has 0 saturated carbocycles. The maximum Gasteiger partial charge on any atom is 0.287 e. The molecule has 0 bridgehead atoms. The van der Waals surface area contributed by atoms with Gasteiger partial charge in [-0.05, 0) is 19.1 Å². The van der Waals surface area contributed by atoms with Crippen LogP contribution in [0.2, 0.25) is 0 Å². The zero-order valence-electron chi connectivity index (χ0n) is 11.1. The Morgan fingerprint density at radius 3 is 2.71 bits per heavy atom. The number of benzene rings is 1. The summed E-state index contributed by atoms with van der Waals surface area (Å²) in [6, 6.07) is 9.44. The molecule has 0 atom stereocenters. The third-order valence-electron chi connectivity index (χ3n) is 2.52. The summed E-state index contributed by atoms with van der Waals surface area (Å²) in [6.45, 7) is 2.23. The zero-order chi connectivity index (χ0) is 15.2. The summed E-state index contributed by atoms with van der Waals surface area (Å²) in [5.41, 5.74) is 0.328. The van der Waals surface area contributed by atoms with E-state index in [1.807, 2.05) is 13.0 Å².